The largest absolute Gasteiger partial charge is 0.381 e. The summed E-state index contributed by atoms with van der Waals surface area (Å²) in [5, 5.41) is 19.9. The molecule has 1 radical (unpaired) electrons. The predicted octanol–water partition coefficient (Wildman–Crippen LogP) is 0.627. The van der Waals surface area contributed by atoms with Crippen LogP contribution in [0.4, 0.5) is 0 Å². The minimum Gasteiger partial charge on any atom is -0.381 e. The molecule has 1 aliphatic heterocycles. The third kappa shape index (κ3) is 13.6. The third-order valence-electron chi connectivity index (χ3n) is 5.01. The van der Waals surface area contributed by atoms with Gasteiger partial charge in [0.05, 0.1) is 12.2 Å². The van der Waals surface area contributed by atoms with Crippen LogP contribution in [0.2, 0.25) is 0 Å². The Hall–Kier alpha value is -1.81. The van der Waals surface area contributed by atoms with Crippen molar-refractivity contribution in [3.8, 4) is 0 Å². The van der Waals surface area contributed by atoms with Crippen LogP contribution in [-0.4, -0.2) is 76.3 Å². The molecule has 1 amide bonds. The molecule has 32 heavy (non-hydrogen) atoms. The van der Waals surface area contributed by atoms with E-state index in [0.717, 1.165) is 70.8 Å². The Balaban J connectivity index is 0.00000512. The Bertz CT molecular complexity index is 645. The van der Waals surface area contributed by atoms with Crippen LogP contribution in [0.5, 0.6) is 0 Å². The van der Waals surface area contributed by atoms with E-state index in [4.69, 9.17) is 5.53 Å². The molecule has 183 valence electrons. The molecule has 0 saturated carbocycles. The molecular weight excluding hydrogens is 456 g/mol. The van der Waals surface area contributed by atoms with Crippen LogP contribution in [0, 0.1) is 5.53 Å². The molecule has 0 spiro atoms. The van der Waals surface area contributed by atoms with Gasteiger partial charge in [0, 0.05) is 62.5 Å². The van der Waals surface area contributed by atoms with Gasteiger partial charge in [-0.25, -0.2) is 5.53 Å². The van der Waals surface area contributed by atoms with E-state index < -0.39 is 0 Å². The second-order valence-electron chi connectivity index (χ2n) is 7.62. The van der Waals surface area contributed by atoms with Crippen LogP contribution in [0.25, 0.3) is 0 Å². The summed E-state index contributed by atoms with van der Waals surface area (Å²) < 4.78 is 0. The first-order valence-corrected chi connectivity index (χ1v) is 11.2. The summed E-state index contributed by atoms with van der Waals surface area (Å²) in [5.74, 6) is -0.0903. The summed E-state index contributed by atoms with van der Waals surface area (Å²) in [5.41, 5.74) is 9.19. The van der Waals surface area contributed by atoms with Crippen LogP contribution in [-0.2, 0) is 28.4 Å². The van der Waals surface area contributed by atoms with Crippen molar-refractivity contribution in [1.29, 1.82) is 5.53 Å². The number of amides is 1. The van der Waals surface area contributed by atoms with Gasteiger partial charge in [0.25, 0.3) is 0 Å². The molecule has 10 heteroatoms. The molecule has 0 aromatic heterocycles. The molecule has 9 nitrogen and oxygen atoms in total. The van der Waals surface area contributed by atoms with Crippen LogP contribution in [0.3, 0.4) is 0 Å². The fraction of sp³-hybridized carbons (Fsp3) is 0.591. The predicted molar refractivity (Wildman–Crippen MR) is 124 cm³/mol. The van der Waals surface area contributed by atoms with Crippen molar-refractivity contribution in [3.63, 3.8) is 0 Å². The monoisotopic (exact) mass is 493 g/mol. The van der Waals surface area contributed by atoms with E-state index in [2.05, 4.69) is 36.6 Å². The second-order valence-corrected chi connectivity index (χ2v) is 7.62. The van der Waals surface area contributed by atoms with Gasteiger partial charge in [0.1, 0.15) is 0 Å². The Morgan fingerprint density at radius 1 is 1.00 bits per heavy atom. The Morgan fingerprint density at radius 3 is 2.41 bits per heavy atom. The first-order valence-electron chi connectivity index (χ1n) is 11.2. The number of rotatable bonds is 8. The van der Waals surface area contributed by atoms with E-state index in [9.17, 15) is 4.79 Å². The van der Waals surface area contributed by atoms with Gasteiger partial charge in [-0.05, 0) is 44.6 Å². The van der Waals surface area contributed by atoms with Gasteiger partial charge in [-0.3, -0.25) is 9.69 Å². The summed E-state index contributed by atoms with van der Waals surface area (Å²) in [6, 6.07) is 9.82. The van der Waals surface area contributed by atoms with Crippen molar-refractivity contribution in [1.82, 2.24) is 31.5 Å². The van der Waals surface area contributed by atoms with Gasteiger partial charge < -0.3 is 26.6 Å². The Kier molecular flexibility index (Phi) is 16.5. The third-order valence-corrected chi connectivity index (χ3v) is 5.01. The van der Waals surface area contributed by atoms with Crippen molar-refractivity contribution in [2.24, 2.45) is 5.11 Å². The Morgan fingerprint density at radius 2 is 1.69 bits per heavy atom. The van der Waals surface area contributed by atoms with Crippen molar-refractivity contribution in [3.05, 3.63) is 47.8 Å². The molecule has 1 aliphatic rings. The quantitative estimate of drug-likeness (QED) is 0.234. The number of carbonyl (C=O) groups excluding carboxylic acids is 1. The van der Waals surface area contributed by atoms with Gasteiger partial charge in [-0.2, -0.15) is 5.11 Å². The van der Waals surface area contributed by atoms with Crippen molar-refractivity contribution < 1.29 is 21.9 Å². The number of benzene rings is 1. The van der Waals surface area contributed by atoms with Crippen LogP contribution < -0.4 is 26.6 Å². The van der Waals surface area contributed by atoms with E-state index in [1.807, 2.05) is 30.3 Å². The molecule has 0 aliphatic carbocycles. The molecule has 0 unspecified atom stereocenters. The first-order chi connectivity index (χ1) is 15.3. The average Bonchev–Trinajstić information content (AvgIpc) is 2.80. The van der Waals surface area contributed by atoms with Crippen LogP contribution in [0.15, 0.2) is 47.3 Å². The maximum atomic E-state index is 12.0. The van der Waals surface area contributed by atoms with E-state index in [1.54, 1.807) is 6.20 Å². The molecule has 1 heterocycles. The minimum atomic E-state index is -0.0903. The van der Waals surface area contributed by atoms with Crippen LogP contribution >= 0.6 is 0 Å². The maximum Gasteiger partial charge on any atom is 0.239 e. The number of hydrogen-bond donors (Lipinski definition) is 6. The van der Waals surface area contributed by atoms with Gasteiger partial charge in [0.15, 0.2) is 0 Å². The van der Waals surface area contributed by atoms with E-state index in [0.29, 0.717) is 18.8 Å². The number of nitrogens with one attached hydrogen (secondary N) is 6. The molecule has 1 saturated heterocycles. The summed E-state index contributed by atoms with van der Waals surface area (Å²) >= 11 is 0. The average molecular weight is 494 g/mol. The molecular formula is C22H38CuN8O. The second kappa shape index (κ2) is 18.7. The minimum absolute atomic E-state index is 0. The van der Waals surface area contributed by atoms with Crippen LogP contribution in [0.1, 0.15) is 18.4 Å². The van der Waals surface area contributed by atoms with E-state index >= 15 is 0 Å². The zero-order chi connectivity index (χ0) is 22.0. The standard InChI is InChI=1S/C22H38N8O.Cu/c23-29-21(17-27-18-22(31)28-16-20-6-2-1-3-7-20)19-30-14-5-10-25-12-11-24-8-4-9-26-13-15-30;/h1-3,6-7,17,23-27H,4-5,8-16,18-19H2,(H,28,31);/b21-17-,29-23?;. The SMILES string of the molecule is N=N/C(=C\NCC(=O)NCc1ccccc1)CN1CCCNCCNCCCNCC1.[Cu]. The number of nitrogens with zero attached hydrogens (tertiary/aromatic N) is 2. The fourth-order valence-electron chi connectivity index (χ4n) is 3.29. The molecule has 1 aromatic carbocycles. The van der Waals surface area contributed by atoms with E-state index in [-0.39, 0.29) is 29.5 Å². The molecule has 6 N–H and O–H groups in total. The number of hydrogen-bond acceptors (Lipinski definition) is 8. The molecule has 2 rings (SSSR count). The zero-order valence-corrected chi connectivity index (χ0v) is 19.7. The normalized spacial score (nSPS) is 17.4. The van der Waals surface area contributed by atoms with Crippen molar-refractivity contribution in [2.45, 2.75) is 19.4 Å². The summed E-state index contributed by atoms with van der Waals surface area (Å²) in [4.78, 5) is 14.3. The smallest absolute Gasteiger partial charge is 0.239 e. The number of carbonyl (C=O) groups is 1. The topological polar surface area (TPSA) is 117 Å². The first kappa shape index (κ1) is 28.2. The van der Waals surface area contributed by atoms with Gasteiger partial charge in [0.2, 0.25) is 5.91 Å². The summed E-state index contributed by atoms with van der Waals surface area (Å²) in [7, 11) is 0. The van der Waals surface area contributed by atoms with Crippen molar-refractivity contribution >= 4 is 5.91 Å². The fourth-order valence-corrected chi connectivity index (χ4v) is 3.29. The van der Waals surface area contributed by atoms with E-state index in [1.165, 1.54) is 0 Å². The van der Waals surface area contributed by atoms with Gasteiger partial charge in [-0.15, -0.1) is 0 Å². The summed E-state index contributed by atoms with van der Waals surface area (Å²) in [6.45, 7) is 8.99. The molecule has 0 bridgehead atoms. The van der Waals surface area contributed by atoms with Crippen molar-refractivity contribution in [2.75, 3.05) is 65.4 Å². The van der Waals surface area contributed by atoms with Gasteiger partial charge in [-0.1, -0.05) is 30.3 Å². The maximum absolute atomic E-state index is 12.0. The zero-order valence-electron chi connectivity index (χ0n) is 18.8. The molecule has 1 fully saturated rings. The molecule has 1 aromatic rings. The summed E-state index contributed by atoms with van der Waals surface area (Å²) in [6.07, 6.45) is 3.84. The molecule has 0 atom stereocenters. The Labute approximate surface area is 202 Å². The van der Waals surface area contributed by atoms with Gasteiger partial charge >= 0.3 is 0 Å².